The van der Waals surface area contributed by atoms with Gasteiger partial charge in [-0.15, -0.1) is 24.0 Å². The molecule has 0 spiro atoms. The molecule has 3 heterocycles. The van der Waals surface area contributed by atoms with Gasteiger partial charge in [0, 0.05) is 38.9 Å². The summed E-state index contributed by atoms with van der Waals surface area (Å²) >= 11 is 0. The molecule has 0 aliphatic carbocycles. The van der Waals surface area contributed by atoms with E-state index in [1.54, 1.807) is 4.90 Å². The van der Waals surface area contributed by atoms with Crippen molar-refractivity contribution in [2.45, 2.75) is 58.7 Å². The normalized spacial score (nSPS) is 17.3. The summed E-state index contributed by atoms with van der Waals surface area (Å²) in [5, 5.41) is 6.69. The Hall–Kier alpha value is -1.78. The number of anilines is 1. The lowest BCUT2D eigenvalue weighted by molar-refractivity contribution is 0.00701. The molecule has 1 aromatic rings. The Labute approximate surface area is 196 Å². The zero-order valence-corrected chi connectivity index (χ0v) is 20.8. The molecule has 0 bridgehead atoms. The fourth-order valence-corrected chi connectivity index (χ4v) is 3.41. The fraction of sp³-hybridized carbons (Fsp3) is 0.667. The predicted octanol–water partition coefficient (Wildman–Crippen LogP) is 2.97. The second kappa shape index (κ2) is 11.0. The molecule has 2 saturated heterocycles. The Morgan fingerprint density at radius 1 is 1.30 bits per heavy atom. The van der Waals surface area contributed by atoms with Crippen LogP contribution in [-0.4, -0.2) is 66.3 Å². The average molecular weight is 530 g/mol. The maximum atomic E-state index is 12.1. The number of rotatable bonds is 5. The number of hydrogen-bond acceptors (Lipinski definition) is 5. The van der Waals surface area contributed by atoms with Crippen molar-refractivity contribution in [1.29, 1.82) is 0 Å². The number of ether oxygens (including phenoxy) is 1. The molecule has 2 fully saturated rings. The Bertz CT molecular complexity index is 724. The van der Waals surface area contributed by atoms with E-state index >= 15 is 0 Å². The maximum absolute atomic E-state index is 12.1. The minimum Gasteiger partial charge on any atom is -0.444 e. The smallest absolute Gasteiger partial charge is 0.410 e. The number of aliphatic imine (C=N–C) groups is 1. The number of carbonyl (C=O) groups excluding carboxylic acids is 1. The molecule has 0 atom stereocenters. The van der Waals surface area contributed by atoms with Gasteiger partial charge in [-0.3, -0.25) is 0 Å². The highest BCUT2D eigenvalue weighted by molar-refractivity contribution is 14.0. The number of aromatic nitrogens is 1. The van der Waals surface area contributed by atoms with E-state index in [-0.39, 0.29) is 36.1 Å². The van der Waals surface area contributed by atoms with Crippen LogP contribution in [-0.2, 0) is 11.3 Å². The van der Waals surface area contributed by atoms with Crippen LogP contribution in [0.2, 0.25) is 0 Å². The molecule has 0 aromatic carbocycles. The van der Waals surface area contributed by atoms with Crippen molar-refractivity contribution in [3.8, 4) is 0 Å². The molecule has 0 saturated carbocycles. The van der Waals surface area contributed by atoms with Gasteiger partial charge < -0.3 is 25.2 Å². The molecule has 2 aliphatic heterocycles. The Morgan fingerprint density at radius 2 is 2.00 bits per heavy atom. The number of pyridine rings is 1. The van der Waals surface area contributed by atoms with Crippen LogP contribution in [0, 0.1) is 0 Å². The van der Waals surface area contributed by atoms with Gasteiger partial charge in [-0.2, -0.15) is 0 Å². The first-order valence-electron chi connectivity index (χ1n) is 10.6. The van der Waals surface area contributed by atoms with Gasteiger partial charge in [0.15, 0.2) is 5.96 Å². The number of hydrogen-bond donors (Lipinski definition) is 2. The Kier molecular flexibility index (Phi) is 8.99. The molecule has 0 unspecified atom stereocenters. The molecule has 0 radical (unpaired) electrons. The number of likely N-dealkylation sites (tertiary alicyclic amines) is 1. The number of nitrogens with zero attached hydrogens (tertiary/aromatic N) is 4. The molecule has 168 valence electrons. The zero-order valence-electron chi connectivity index (χ0n) is 18.5. The van der Waals surface area contributed by atoms with Crippen molar-refractivity contribution in [2.75, 3.05) is 37.6 Å². The van der Waals surface area contributed by atoms with Crippen molar-refractivity contribution in [3.05, 3.63) is 23.9 Å². The summed E-state index contributed by atoms with van der Waals surface area (Å²) in [6.45, 7) is 12.5. The summed E-state index contributed by atoms with van der Waals surface area (Å²) in [5.41, 5.74) is 0.674. The van der Waals surface area contributed by atoms with E-state index < -0.39 is 5.60 Å². The van der Waals surface area contributed by atoms with Crippen molar-refractivity contribution >= 4 is 41.8 Å². The largest absolute Gasteiger partial charge is 0.444 e. The second-order valence-electron chi connectivity index (χ2n) is 8.64. The third-order valence-electron chi connectivity index (χ3n) is 4.88. The van der Waals surface area contributed by atoms with Gasteiger partial charge in [0.1, 0.15) is 11.4 Å². The highest BCUT2D eigenvalue weighted by Gasteiger charge is 2.34. The lowest BCUT2D eigenvalue weighted by Crippen LogP contribution is -2.63. The van der Waals surface area contributed by atoms with E-state index in [1.165, 1.54) is 12.8 Å². The van der Waals surface area contributed by atoms with Crippen LogP contribution >= 0.6 is 24.0 Å². The van der Waals surface area contributed by atoms with Crippen LogP contribution in [0.5, 0.6) is 0 Å². The van der Waals surface area contributed by atoms with Gasteiger partial charge in [-0.05, 0) is 58.2 Å². The molecular formula is C21H35IN6O2. The quantitative estimate of drug-likeness (QED) is 0.346. The molecule has 30 heavy (non-hydrogen) atoms. The molecular weight excluding hydrogens is 495 g/mol. The van der Waals surface area contributed by atoms with Crippen LogP contribution in [0.1, 0.15) is 46.1 Å². The first kappa shape index (κ1) is 24.5. The van der Waals surface area contributed by atoms with Crippen LogP contribution in [0.15, 0.2) is 23.3 Å². The molecule has 2 aliphatic rings. The third kappa shape index (κ3) is 7.17. The van der Waals surface area contributed by atoms with Gasteiger partial charge in [0.25, 0.3) is 0 Å². The van der Waals surface area contributed by atoms with Gasteiger partial charge in [-0.1, -0.05) is 0 Å². The first-order chi connectivity index (χ1) is 13.8. The molecule has 2 N–H and O–H groups in total. The van der Waals surface area contributed by atoms with E-state index in [0.717, 1.165) is 37.0 Å². The lowest BCUT2D eigenvalue weighted by atomic mass is 10.1. The van der Waals surface area contributed by atoms with Crippen molar-refractivity contribution < 1.29 is 9.53 Å². The molecule has 1 amide bonds. The maximum Gasteiger partial charge on any atom is 0.410 e. The number of amides is 1. The summed E-state index contributed by atoms with van der Waals surface area (Å²) < 4.78 is 5.40. The zero-order chi connectivity index (χ0) is 20.9. The summed E-state index contributed by atoms with van der Waals surface area (Å²) in [5.74, 6) is 1.81. The Morgan fingerprint density at radius 3 is 2.63 bits per heavy atom. The van der Waals surface area contributed by atoms with Crippen molar-refractivity contribution in [1.82, 2.24) is 20.5 Å². The van der Waals surface area contributed by atoms with Gasteiger partial charge in [0.2, 0.25) is 0 Å². The average Bonchev–Trinajstić information content (AvgIpc) is 3.15. The third-order valence-corrected chi connectivity index (χ3v) is 4.88. The number of carbonyl (C=O) groups is 1. The van der Waals surface area contributed by atoms with Crippen LogP contribution in [0.3, 0.4) is 0 Å². The summed E-state index contributed by atoms with van der Waals surface area (Å²) in [4.78, 5) is 25.3. The van der Waals surface area contributed by atoms with Gasteiger partial charge >= 0.3 is 6.09 Å². The lowest BCUT2D eigenvalue weighted by Gasteiger charge is -2.40. The molecule has 3 rings (SSSR count). The number of halogens is 1. The minimum atomic E-state index is -0.468. The van der Waals surface area contributed by atoms with Crippen LogP contribution in [0.4, 0.5) is 10.6 Å². The van der Waals surface area contributed by atoms with Gasteiger partial charge in [-0.25, -0.2) is 14.8 Å². The van der Waals surface area contributed by atoms with E-state index in [9.17, 15) is 4.79 Å². The Balaban J connectivity index is 0.00000320. The van der Waals surface area contributed by atoms with E-state index in [4.69, 9.17) is 9.73 Å². The summed E-state index contributed by atoms with van der Waals surface area (Å²) in [6, 6.07) is 4.32. The predicted molar refractivity (Wildman–Crippen MR) is 131 cm³/mol. The molecule has 1 aromatic heterocycles. The minimum absolute atomic E-state index is 0. The SMILES string of the molecule is CCNC(=NCc1ccnc(N2CCCC2)c1)NC1CN(C(=O)OC(C)(C)C)C1.I. The summed E-state index contributed by atoms with van der Waals surface area (Å²) in [6.07, 6.45) is 4.08. The van der Waals surface area contributed by atoms with E-state index in [0.29, 0.717) is 19.6 Å². The van der Waals surface area contributed by atoms with E-state index in [1.807, 2.05) is 40.0 Å². The van der Waals surface area contributed by atoms with Crippen LogP contribution < -0.4 is 15.5 Å². The van der Waals surface area contributed by atoms with Crippen LogP contribution in [0.25, 0.3) is 0 Å². The fourth-order valence-electron chi connectivity index (χ4n) is 3.41. The van der Waals surface area contributed by atoms with Crippen molar-refractivity contribution in [3.63, 3.8) is 0 Å². The molecule has 8 nitrogen and oxygen atoms in total. The monoisotopic (exact) mass is 530 g/mol. The highest BCUT2D eigenvalue weighted by atomic mass is 127. The molecule has 9 heteroatoms. The van der Waals surface area contributed by atoms with E-state index in [2.05, 4.69) is 26.6 Å². The topological polar surface area (TPSA) is 82.1 Å². The second-order valence-corrected chi connectivity index (χ2v) is 8.64. The number of guanidine groups is 1. The number of nitrogens with one attached hydrogen (secondary N) is 2. The van der Waals surface area contributed by atoms with Crippen molar-refractivity contribution in [2.24, 2.45) is 4.99 Å². The standard InChI is InChI=1S/C21H34N6O2.HI/c1-5-22-19(25-17-14-27(15-17)20(28)29-21(2,3)4)24-13-16-8-9-23-18(12-16)26-10-6-7-11-26;/h8-9,12,17H,5-7,10-11,13-15H2,1-4H3,(H2,22,24,25);1H. The highest BCUT2D eigenvalue weighted by Crippen LogP contribution is 2.19. The first-order valence-corrected chi connectivity index (χ1v) is 10.6. The summed E-state index contributed by atoms with van der Waals surface area (Å²) in [7, 11) is 0. The van der Waals surface area contributed by atoms with Gasteiger partial charge in [0.05, 0.1) is 12.6 Å².